The highest BCUT2D eigenvalue weighted by Crippen LogP contribution is 2.17. The lowest BCUT2D eigenvalue weighted by Gasteiger charge is -2.05. The Labute approximate surface area is 154 Å². The van der Waals surface area contributed by atoms with E-state index in [9.17, 15) is 4.79 Å². The quantitative estimate of drug-likeness (QED) is 0.668. The molecule has 2 aromatic carbocycles. The minimum Gasteiger partial charge on any atom is -0.407 e. The number of nitrogens with one attached hydrogen (secondary N) is 1. The number of nitrogens with zero attached hydrogens (tertiary/aromatic N) is 2. The van der Waals surface area contributed by atoms with Crippen molar-refractivity contribution in [2.45, 2.75) is 26.2 Å². The number of carbonyl (C=O) groups is 1. The van der Waals surface area contributed by atoms with Crippen molar-refractivity contribution in [3.05, 3.63) is 75.6 Å². The minimum absolute atomic E-state index is 0.0988. The lowest BCUT2D eigenvalue weighted by molar-refractivity contribution is 0.102. The predicted octanol–water partition coefficient (Wildman–Crippen LogP) is 4.80. The molecule has 128 valence electrons. The van der Waals surface area contributed by atoms with E-state index in [1.54, 1.807) is 24.3 Å². The van der Waals surface area contributed by atoms with E-state index >= 15 is 0 Å². The van der Waals surface area contributed by atoms with Gasteiger partial charge < -0.3 is 4.42 Å². The number of hydrogen-bond acceptors (Lipinski definition) is 4. The number of benzene rings is 2. The largest absolute Gasteiger partial charge is 0.407 e. The molecule has 6 heteroatoms. The van der Waals surface area contributed by atoms with Crippen LogP contribution in [0.4, 0.5) is 6.01 Å². The molecule has 0 bridgehead atoms. The average molecular weight is 400 g/mol. The minimum atomic E-state index is -0.288. The monoisotopic (exact) mass is 399 g/mol. The lowest BCUT2D eigenvalue weighted by atomic mass is 10.0. The van der Waals surface area contributed by atoms with Crippen LogP contribution in [0.2, 0.25) is 0 Å². The maximum absolute atomic E-state index is 12.1. The van der Waals surface area contributed by atoms with Gasteiger partial charge in [0, 0.05) is 10.0 Å². The summed E-state index contributed by atoms with van der Waals surface area (Å²) in [5.74, 6) is 0.672. The number of halogens is 1. The van der Waals surface area contributed by atoms with Gasteiger partial charge in [-0.1, -0.05) is 59.1 Å². The van der Waals surface area contributed by atoms with Crippen LogP contribution >= 0.6 is 15.9 Å². The van der Waals surface area contributed by atoms with Crippen molar-refractivity contribution in [2.75, 3.05) is 5.32 Å². The van der Waals surface area contributed by atoms with Gasteiger partial charge in [0.25, 0.3) is 5.91 Å². The standard InChI is InChI=1S/C19H18BrN3O2/c1-12(2)14-5-3-13(4-6-14)11-17-22-23-19(25-17)21-18(24)15-7-9-16(20)10-8-15/h3-10,12H,11H2,1-2H3,(H,21,23,24). The average Bonchev–Trinajstić information content (AvgIpc) is 3.02. The van der Waals surface area contributed by atoms with Crippen molar-refractivity contribution in [3.8, 4) is 0 Å². The zero-order chi connectivity index (χ0) is 17.8. The summed E-state index contributed by atoms with van der Waals surface area (Å²) in [5.41, 5.74) is 2.89. The Hall–Kier alpha value is -2.47. The molecule has 0 spiro atoms. The van der Waals surface area contributed by atoms with Crippen LogP contribution in [-0.4, -0.2) is 16.1 Å². The lowest BCUT2D eigenvalue weighted by Crippen LogP contribution is -2.11. The Morgan fingerprint density at radius 1 is 1.08 bits per heavy atom. The molecule has 0 radical (unpaired) electrons. The second kappa shape index (κ2) is 7.61. The van der Waals surface area contributed by atoms with Crippen LogP contribution in [0.15, 0.2) is 57.4 Å². The highest BCUT2D eigenvalue weighted by Gasteiger charge is 2.12. The molecule has 3 rings (SSSR count). The van der Waals surface area contributed by atoms with Crippen LogP contribution in [-0.2, 0) is 6.42 Å². The summed E-state index contributed by atoms with van der Waals surface area (Å²) in [6, 6.07) is 15.4. The third-order valence-corrected chi connectivity index (χ3v) is 4.32. The Morgan fingerprint density at radius 3 is 2.40 bits per heavy atom. The Morgan fingerprint density at radius 2 is 1.76 bits per heavy atom. The summed E-state index contributed by atoms with van der Waals surface area (Å²) in [4.78, 5) is 12.1. The molecular formula is C19H18BrN3O2. The van der Waals surface area contributed by atoms with E-state index in [-0.39, 0.29) is 11.9 Å². The van der Waals surface area contributed by atoms with Crippen LogP contribution in [0.1, 0.15) is 47.1 Å². The maximum atomic E-state index is 12.1. The molecule has 5 nitrogen and oxygen atoms in total. The molecule has 1 amide bonds. The smallest absolute Gasteiger partial charge is 0.322 e. The first-order valence-electron chi connectivity index (χ1n) is 7.99. The molecule has 0 saturated carbocycles. The van der Waals surface area contributed by atoms with Crippen LogP contribution in [0, 0.1) is 0 Å². The highest BCUT2D eigenvalue weighted by molar-refractivity contribution is 9.10. The number of aromatic nitrogens is 2. The van der Waals surface area contributed by atoms with Crippen LogP contribution < -0.4 is 5.32 Å². The van der Waals surface area contributed by atoms with Gasteiger partial charge in [-0.25, -0.2) is 0 Å². The number of carbonyl (C=O) groups excluding carboxylic acids is 1. The SMILES string of the molecule is CC(C)c1ccc(Cc2nnc(NC(=O)c3ccc(Br)cc3)o2)cc1. The van der Waals surface area contributed by atoms with Gasteiger partial charge >= 0.3 is 6.01 Å². The second-order valence-electron chi connectivity index (χ2n) is 6.04. The Balaban J connectivity index is 1.64. The number of hydrogen-bond donors (Lipinski definition) is 1. The van der Waals surface area contributed by atoms with Gasteiger partial charge in [0.05, 0.1) is 6.42 Å². The molecule has 0 aliphatic heterocycles. The van der Waals surface area contributed by atoms with Gasteiger partial charge in [0.15, 0.2) is 0 Å². The van der Waals surface area contributed by atoms with Crippen molar-refractivity contribution in [3.63, 3.8) is 0 Å². The molecule has 0 saturated heterocycles. The molecule has 0 aliphatic rings. The molecule has 0 aliphatic carbocycles. The maximum Gasteiger partial charge on any atom is 0.322 e. The number of amides is 1. The summed E-state index contributed by atoms with van der Waals surface area (Å²) in [7, 11) is 0. The highest BCUT2D eigenvalue weighted by atomic mass is 79.9. The molecule has 1 N–H and O–H groups in total. The van der Waals surface area contributed by atoms with Crippen LogP contribution in [0.5, 0.6) is 0 Å². The van der Waals surface area contributed by atoms with Gasteiger partial charge in [0.1, 0.15) is 0 Å². The van der Waals surface area contributed by atoms with Crippen molar-refractivity contribution in [1.82, 2.24) is 10.2 Å². The van der Waals surface area contributed by atoms with Crippen molar-refractivity contribution >= 4 is 27.9 Å². The summed E-state index contributed by atoms with van der Waals surface area (Å²) in [6.07, 6.45) is 0.527. The zero-order valence-electron chi connectivity index (χ0n) is 14.0. The first-order valence-corrected chi connectivity index (χ1v) is 8.78. The van der Waals surface area contributed by atoms with E-state index < -0.39 is 0 Å². The van der Waals surface area contributed by atoms with Gasteiger partial charge in [0.2, 0.25) is 5.89 Å². The molecule has 0 unspecified atom stereocenters. The van der Waals surface area contributed by atoms with E-state index in [1.165, 1.54) is 5.56 Å². The summed E-state index contributed by atoms with van der Waals surface area (Å²) < 4.78 is 6.43. The van der Waals surface area contributed by atoms with E-state index in [0.717, 1.165) is 10.0 Å². The van der Waals surface area contributed by atoms with Gasteiger partial charge in [-0.05, 0) is 41.3 Å². The predicted molar refractivity (Wildman–Crippen MR) is 99.7 cm³/mol. The van der Waals surface area contributed by atoms with E-state index in [2.05, 4.69) is 69.6 Å². The topological polar surface area (TPSA) is 68.0 Å². The molecular weight excluding hydrogens is 382 g/mol. The normalized spacial score (nSPS) is 10.9. The number of rotatable bonds is 5. The first-order chi connectivity index (χ1) is 12.0. The number of anilines is 1. The fraction of sp³-hybridized carbons (Fsp3) is 0.211. The molecule has 25 heavy (non-hydrogen) atoms. The van der Waals surface area contributed by atoms with Crippen molar-refractivity contribution in [1.29, 1.82) is 0 Å². The van der Waals surface area contributed by atoms with Crippen LogP contribution in [0.25, 0.3) is 0 Å². The van der Waals surface area contributed by atoms with Gasteiger partial charge in [-0.15, -0.1) is 5.10 Å². The second-order valence-corrected chi connectivity index (χ2v) is 6.95. The van der Waals surface area contributed by atoms with Crippen molar-refractivity contribution in [2.24, 2.45) is 0 Å². The molecule has 3 aromatic rings. The van der Waals surface area contributed by atoms with E-state index in [0.29, 0.717) is 23.8 Å². The first kappa shape index (κ1) is 17.4. The van der Waals surface area contributed by atoms with E-state index in [1.807, 2.05) is 0 Å². The van der Waals surface area contributed by atoms with Gasteiger partial charge in [-0.3, -0.25) is 10.1 Å². The fourth-order valence-electron chi connectivity index (χ4n) is 2.34. The summed E-state index contributed by atoms with van der Waals surface area (Å²) in [6.45, 7) is 4.32. The summed E-state index contributed by atoms with van der Waals surface area (Å²) in [5, 5.41) is 10.5. The molecule has 1 heterocycles. The summed E-state index contributed by atoms with van der Waals surface area (Å²) >= 11 is 3.34. The van der Waals surface area contributed by atoms with Crippen molar-refractivity contribution < 1.29 is 9.21 Å². The van der Waals surface area contributed by atoms with E-state index in [4.69, 9.17) is 4.42 Å². The molecule has 0 atom stereocenters. The Kier molecular flexibility index (Phi) is 5.28. The van der Waals surface area contributed by atoms with Gasteiger partial charge in [-0.2, -0.15) is 0 Å². The third-order valence-electron chi connectivity index (χ3n) is 3.80. The van der Waals surface area contributed by atoms with Crippen LogP contribution in [0.3, 0.4) is 0 Å². The fourth-order valence-corrected chi connectivity index (χ4v) is 2.61. The third kappa shape index (κ3) is 4.54. The Bertz CT molecular complexity index is 855. The zero-order valence-corrected chi connectivity index (χ0v) is 15.6. The molecule has 0 fully saturated rings. The molecule has 1 aromatic heterocycles.